The third-order valence-corrected chi connectivity index (χ3v) is 2.45. The van der Waals surface area contributed by atoms with Gasteiger partial charge in [-0.1, -0.05) is 13.3 Å². The van der Waals surface area contributed by atoms with Gasteiger partial charge in [0.25, 0.3) is 0 Å². The van der Waals surface area contributed by atoms with Gasteiger partial charge < -0.3 is 5.11 Å². The molecule has 0 radical (unpaired) electrons. The highest BCUT2D eigenvalue weighted by atomic mass is 32.2. The molecule has 0 saturated carbocycles. The molecule has 0 aliphatic heterocycles. The Morgan fingerprint density at radius 1 is 1.54 bits per heavy atom. The summed E-state index contributed by atoms with van der Waals surface area (Å²) in [4.78, 5) is 10.8. The molecule has 0 saturated heterocycles. The van der Waals surface area contributed by atoms with Gasteiger partial charge in [0, 0.05) is 0 Å². The van der Waals surface area contributed by atoms with E-state index in [1.165, 1.54) is 6.92 Å². The Labute approximate surface area is 78.2 Å². The molecular formula is C7H15NO4S. The van der Waals surface area contributed by atoms with Crippen LogP contribution in [-0.4, -0.2) is 31.3 Å². The van der Waals surface area contributed by atoms with Crippen molar-refractivity contribution in [2.45, 2.75) is 32.2 Å². The van der Waals surface area contributed by atoms with E-state index < -0.39 is 21.5 Å². The standard InChI is InChI=1S/C7H15NO4S/c1-4-5-7(2,6(9)10)8-13(3,11)12/h8H,4-5H2,1-3H3,(H,9,10). The summed E-state index contributed by atoms with van der Waals surface area (Å²) in [6.07, 6.45) is 1.82. The normalized spacial score (nSPS) is 16.5. The Morgan fingerprint density at radius 3 is 2.23 bits per heavy atom. The fourth-order valence-corrected chi connectivity index (χ4v) is 2.12. The van der Waals surface area contributed by atoms with Gasteiger partial charge in [0.15, 0.2) is 0 Å². The molecule has 0 aliphatic carbocycles. The molecule has 5 nitrogen and oxygen atoms in total. The topological polar surface area (TPSA) is 83.5 Å². The molecule has 0 amide bonds. The molecule has 0 bridgehead atoms. The van der Waals surface area contributed by atoms with Crippen molar-refractivity contribution in [3.05, 3.63) is 0 Å². The summed E-state index contributed by atoms with van der Waals surface area (Å²) >= 11 is 0. The number of rotatable bonds is 5. The fraction of sp³-hybridized carbons (Fsp3) is 0.857. The van der Waals surface area contributed by atoms with Crippen LogP contribution >= 0.6 is 0 Å². The maximum atomic E-state index is 10.9. The zero-order valence-corrected chi connectivity index (χ0v) is 8.81. The van der Waals surface area contributed by atoms with Gasteiger partial charge in [-0.3, -0.25) is 4.79 Å². The first-order valence-corrected chi connectivity index (χ1v) is 5.83. The molecule has 0 aromatic heterocycles. The number of carboxylic acids is 1. The van der Waals surface area contributed by atoms with E-state index in [-0.39, 0.29) is 6.42 Å². The van der Waals surface area contributed by atoms with Crippen LogP contribution in [0.3, 0.4) is 0 Å². The van der Waals surface area contributed by atoms with E-state index in [0.29, 0.717) is 6.42 Å². The van der Waals surface area contributed by atoms with Crippen LogP contribution in [0.5, 0.6) is 0 Å². The van der Waals surface area contributed by atoms with Crippen LogP contribution in [-0.2, 0) is 14.8 Å². The number of hydrogen-bond acceptors (Lipinski definition) is 3. The van der Waals surface area contributed by atoms with E-state index in [1.807, 2.05) is 0 Å². The smallest absolute Gasteiger partial charge is 0.324 e. The van der Waals surface area contributed by atoms with Gasteiger partial charge >= 0.3 is 5.97 Å². The third kappa shape index (κ3) is 4.23. The minimum absolute atomic E-state index is 0.273. The molecule has 13 heavy (non-hydrogen) atoms. The Bertz CT molecular complexity index is 285. The zero-order valence-electron chi connectivity index (χ0n) is 7.99. The first-order chi connectivity index (χ1) is 5.71. The summed E-state index contributed by atoms with van der Waals surface area (Å²) in [6.45, 7) is 3.16. The molecule has 6 heteroatoms. The van der Waals surface area contributed by atoms with Crippen molar-refractivity contribution in [3.8, 4) is 0 Å². The Morgan fingerprint density at radius 2 is 2.00 bits per heavy atom. The molecule has 0 aromatic carbocycles. The van der Waals surface area contributed by atoms with Crippen LogP contribution in [0.2, 0.25) is 0 Å². The molecule has 0 fully saturated rings. The number of aliphatic carboxylic acids is 1. The van der Waals surface area contributed by atoms with E-state index in [2.05, 4.69) is 4.72 Å². The maximum absolute atomic E-state index is 10.9. The van der Waals surface area contributed by atoms with E-state index >= 15 is 0 Å². The first kappa shape index (κ1) is 12.4. The summed E-state index contributed by atoms with van der Waals surface area (Å²) in [5, 5.41) is 8.80. The summed E-state index contributed by atoms with van der Waals surface area (Å²) in [6, 6.07) is 0. The average Bonchev–Trinajstić information content (AvgIpc) is 1.82. The molecule has 2 N–H and O–H groups in total. The van der Waals surface area contributed by atoms with Crippen LogP contribution < -0.4 is 4.72 Å². The summed E-state index contributed by atoms with van der Waals surface area (Å²) < 4.78 is 23.8. The predicted molar refractivity (Wildman–Crippen MR) is 48.9 cm³/mol. The minimum Gasteiger partial charge on any atom is -0.480 e. The van der Waals surface area contributed by atoms with Gasteiger partial charge in [0.1, 0.15) is 5.54 Å². The van der Waals surface area contributed by atoms with Crippen molar-refractivity contribution in [2.24, 2.45) is 0 Å². The quantitative estimate of drug-likeness (QED) is 0.676. The van der Waals surface area contributed by atoms with Crippen LogP contribution in [0.4, 0.5) is 0 Å². The lowest BCUT2D eigenvalue weighted by molar-refractivity contribution is -0.143. The molecule has 1 unspecified atom stereocenters. The molecule has 78 valence electrons. The van der Waals surface area contributed by atoms with Gasteiger partial charge in [0.2, 0.25) is 10.0 Å². The molecule has 0 rings (SSSR count). The van der Waals surface area contributed by atoms with Gasteiger partial charge in [-0.2, -0.15) is 4.72 Å². The second-order valence-corrected chi connectivity index (χ2v) is 5.01. The van der Waals surface area contributed by atoms with Crippen molar-refractivity contribution in [1.82, 2.24) is 4.72 Å². The molecule has 1 atom stereocenters. The Kier molecular flexibility index (Phi) is 3.87. The van der Waals surface area contributed by atoms with E-state index in [4.69, 9.17) is 5.11 Å². The average molecular weight is 209 g/mol. The van der Waals surface area contributed by atoms with Crippen LogP contribution in [0.1, 0.15) is 26.7 Å². The second kappa shape index (κ2) is 4.06. The number of carboxylic acid groups (broad SMARTS) is 1. The van der Waals surface area contributed by atoms with Crippen LogP contribution in [0.25, 0.3) is 0 Å². The second-order valence-electron chi connectivity index (χ2n) is 3.26. The lowest BCUT2D eigenvalue weighted by atomic mass is 9.98. The molecule has 0 spiro atoms. The number of carbonyl (C=O) groups is 1. The van der Waals surface area contributed by atoms with Crippen molar-refractivity contribution in [3.63, 3.8) is 0 Å². The zero-order chi connectivity index (χ0) is 10.7. The largest absolute Gasteiger partial charge is 0.480 e. The van der Waals surface area contributed by atoms with Crippen molar-refractivity contribution in [2.75, 3.05) is 6.26 Å². The lowest BCUT2D eigenvalue weighted by Crippen LogP contribution is -2.51. The van der Waals surface area contributed by atoms with Gasteiger partial charge in [0.05, 0.1) is 6.26 Å². The minimum atomic E-state index is -3.48. The van der Waals surface area contributed by atoms with E-state index in [1.54, 1.807) is 6.92 Å². The van der Waals surface area contributed by atoms with Crippen LogP contribution in [0, 0.1) is 0 Å². The van der Waals surface area contributed by atoms with E-state index in [9.17, 15) is 13.2 Å². The number of nitrogens with one attached hydrogen (secondary N) is 1. The molecular weight excluding hydrogens is 194 g/mol. The molecule has 0 heterocycles. The van der Waals surface area contributed by atoms with Crippen molar-refractivity contribution in [1.29, 1.82) is 0 Å². The highest BCUT2D eigenvalue weighted by Crippen LogP contribution is 2.13. The number of sulfonamides is 1. The highest BCUT2D eigenvalue weighted by molar-refractivity contribution is 7.88. The van der Waals surface area contributed by atoms with Crippen molar-refractivity contribution >= 4 is 16.0 Å². The monoisotopic (exact) mass is 209 g/mol. The highest BCUT2D eigenvalue weighted by Gasteiger charge is 2.34. The number of hydrogen-bond donors (Lipinski definition) is 2. The summed E-state index contributed by atoms with van der Waals surface area (Å²) in [7, 11) is -3.48. The van der Waals surface area contributed by atoms with Gasteiger partial charge in [-0.25, -0.2) is 8.42 Å². The van der Waals surface area contributed by atoms with Crippen molar-refractivity contribution < 1.29 is 18.3 Å². The Hall–Kier alpha value is -0.620. The summed E-state index contributed by atoms with van der Waals surface area (Å²) in [5.41, 5.74) is -1.39. The molecule has 0 aromatic rings. The van der Waals surface area contributed by atoms with Gasteiger partial charge in [-0.05, 0) is 13.3 Å². The van der Waals surface area contributed by atoms with Gasteiger partial charge in [-0.15, -0.1) is 0 Å². The molecule has 0 aliphatic rings. The third-order valence-electron chi connectivity index (χ3n) is 1.63. The van der Waals surface area contributed by atoms with E-state index in [0.717, 1.165) is 6.26 Å². The SMILES string of the molecule is CCCC(C)(NS(C)(=O)=O)C(=O)O. The predicted octanol–water partition coefficient (Wildman–Crippen LogP) is 0.179. The first-order valence-electron chi connectivity index (χ1n) is 3.93. The lowest BCUT2D eigenvalue weighted by Gasteiger charge is -2.24. The maximum Gasteiger partial charge on any atom is 0.324 e. The summed E-state index contributed by atoms with van der Waals surface area (Å²) in [5.74, 6) is -1.15. The fourth-order valence-electron chi connectivity index (χ4n) is 1.11. The van der Waals surface area contributed by atoms with Crippen LogP contribution in [0.15, 0.2) is 0 Å². The Balaban J connectivity index is 4.71.